The number of esters is 1. The van der Waals surface area contributed by atoms with Crippen molar-refractivity contribution in [1.29, 1.82) is 0 Å². The van der Waals surface area contributed by atoms with Crippen molar-refractivity contribution in [2.75, 3.05) is 6.61 Å². The van der Waals surface area contributed by atoms with E-state index in [4.69, 9.17) is 9.47 Å². The van der Waals surface area contributed by atoms with Gasteiger partial charge in [0, 0.05) is 18.5 Å². The van der Waals surface area contributed by atoms with Crippen LogP contribution in [0.1, 0.15) is 47.7 Å². The summed E-state index contributed by atoms with van der Waals surface area (Å²) in [6, 6.07) is 24.9. The molecule has 0 saturated carbocycles. The van der Waals surface area contributed by atoms with E-state index in [0.29, 0.717) is 25.1 Å². The third kappa shape index (κ3) is 7.58. The zero-order chi connectivity index (χ0) is 22.6. The number of unbranched alkanes of at least 4 members (excludes halogenated alkanes) is 1. The first-order valence-electron chi connectivity index (χ1n) is 11.0. The molecule has 0 bridgehead atoms. The van der Waals surface area contributed by atoms with Crippen LogP contribution in [-0.2, 0) is 22.5 Å². The number of carbonyl (C=O) groups is 2. The number of benzene rings is 3. The summed E-state index contributed by atoms with van der Waals surface area (Å²) in [5.74, 6) is 1.29. The molecule has 1 N–H and O–H groups in total. The average molecular weight is 432 g/mol. The standard InChI is InChI=1S/C27H29NO4/c1-2-31-26(29)11-7-6-8-21-12-16-23(17-13-21)27(30)28-20-22-14-18-25(19-15-22)32-24-9-4-3-5-10-24/h3-5,9-10,12-19H,2,6-8,11,20H2,1H3,(H,28,30). The molecule has 0 heterocycles. The molecule has 0 atom stereocenters. The molecule has 5 heteroatoms. The van der Waals surface area contributed by atoms with Crippen LogP contribution in [0.3, 0.4) is 0 Å². The van der Waals surface area contributed by atoms with Crippen molar-refractivity contribution in [2.24, 2.45) is 0 Å². The Morgan fingerprint density at radius 2 is 1.44 bits per heavy atom. The third-order valence-corrected chi connectivity index (χ3v) is 4.97. The SMILES string of the molecule is CCOC(=O)CCCCc1ccc(C(=O)NCc2ccc(Oc3ccccc3)cc2)cc1. The van der Waals surface area contributed by atoms with Crippen molar-refractivity contribution in [3.8, 4) is 11.5 Å². The summed E-state index contributed by atoms with van der Waals surface area (Å²) in [6.45, 7) is 2.68. The molecule has 166 valence electrons. The molecule has 0 aliphatic heterocycles. The van der Waals surface area contributed by atoms with Crippen LogP contribution in [0.5, 0.6) is 11.5 Å². The number of amides is 1. The van der Waals surface area contributed by atoms with Crippen molar-refractivity contribution in [2.45, 2.75) is 39.2 Å². The van der Waals surface area contributed by atoms with Crippen LogP contribution in [-0.4, -0.2) is 18.5 Å². The molecule has 3 rings (SSSR count). The molecule has 5 nitrogen and oxygen atoms in total. The maximum absolute atomic E-state index is 12.4. The number of ether oxygens (including phenoxy) is 2. The second kappa shape index (κ2) is 12.3. The minimum atomic E-state index is -0.141. The molecule has 3 aromatic carbocycles. The number of nitrogens with one attached hydrogen (secondary N) is 1. The van der Waals surface area contributed by atoms with Gasteiger partial charge >= 0.3 is 5.97 Å². The van der Waals surface area contributed by atoms with Gasteiger partial charge in [-0.05, 0) is 73.7 Å². The fraction of sp³-hybridized carbons (Fsp3) is 0.259. The summed E-state index contributed by atoms with van der Waals surface area (Å²) in [4.78, 5) is 23.8. The van der Waals surface area contributed by atoms with Crippen LogP contribution in [0.15, 0.2) is 78.9 Å². The quantitative estimate of drug-likeness (QED) is 0.313. The van der Waals surface area contributed by atoms with Gasteiger partial charge in [-0.15, -0.1) is 0 Å². The minimum absolute atomic E-state index is 0.108. The lowest BCUT2D eigenvalue weighted by atomic mass is 10.0. The lowest BCUT2D eigenvalue weighted by molar-refractivity contribution is -0.143. The van der Waals surface area contributed by atoms with E-state index in [1.807, 2.05) is 85.8 Å². The van der Waals surface area contributed by atoms with Crippen molar-refractivity contribution >= 4 is 11.9 Å². The highest BCUT2D eigenvalue weighted by atomic mass is 16.5. The molecule has 0 unspecified atom stereocenters. The summed E-state index contributed by atoms with van der Waals surface area (Å²) in [6.07, 6.45) is 3.04. The lowest BCUT2D eigenvalue weighted by Crippen LogP contribution is -2.22. The molecule has 0 spiro atoms. The number of rotatable bonds is 11. The van der Waals surface area contributed by atoms with Crippen molar-refractivity contribution in [1.82, 2.24) is 5.32 Å². The molecular weight excluding hydrogens is 402 g/mol. The van der Waals surface area contributed by atoms with Gasteiger partial charge in [0.05, 0.1) is 6.61 Å². The normalized spacial score (nSPS) is 10.4. The van der Waals surface area contributed by atoms with Gasteiger partial charge in [0.1, 0.15) is 11.5 Å². The smallest absolute Gasteiger partial charge is 0.305 e. The number of hydrogen-bond acceptors (Lipinski definition) is 4. The van der Waals surface area contributed by atoms with Crippen LogP contribution >= 0.6 is 0 Å². The number of para-hydroxylation sites is 1. The van der Waals surface area contributed by atoms with Gasteiger partial charge in [-0.1, -0.05) is 42.5 Å². The van der Waals surface area contributed by atoms with E-state index in [2.05, 4.69) is 5.32 Å². The summed E-state index contributed by atoms with van der Waals surface area (Å²) in [5.41, 5.74) is 2.78. The van der Waals surface area contributed by atoms with Gasteiger partial charge in [0.2, 0.25) is 0 Å². The van der Waals surface area contributed by atoms with E-state index in [-0.39, 0.29) is 11.9 Å². The Hall–Kier alpha value is -3.60. The van der Waals surface area contributed by atoms with E-state index < -0.39 is 0 Å². The molecule has 0 radical (unpaired) electrons. The third-order valence-electron chi connectivity index (χ3n) is 4.97. The average Bonchev–Trinajstić information content (AvgIpc) is 2.82. The van der Waals surface area contributed by atoms with E-state index in [9.17, 15) is 9.59 Å². The fourth-order valence-electron chi connectivity index (χ4n) is 3.24. The van der Waals surface area contributed by atoms with E-state index >= 15 is 0 Å². The molecule has 32 heavy (non-hydrogen) atoms. The number of hydrogen-bond donors (Lipinski definition) is 1. The molecule has 0 aromatic heterocycles. The van der Waals surface area contributed by atoms with Gasteiger partial charge < -0.3 is 14.8 Å². The molecule has 0 aliphatic carbocycles. The Morgan fingerprint density at radius 3 is 2.12 bits per heavy atom. The fourth-order valence-corrected chi connectivity index (χ4v) is 3.24. The van der Waals surface area contributed by atoms with Crippen LogP contribution in [0.25, 0.3) is 0 Å². The Bertz CT molecular complexity index is 982. The lowest BCUT2D eigenvalue weighted by Gasteiger charge is -2.09. The van der Waals surface area contributed by atoms with Gasteiger partial charge in [0.15, 0.2) is 0 Å². The second-order valence-corrected chi connectivity index (χ2v) is 7.45. The van der Waals surface area contributed by atoms with Crippen LogP contribution < -0.4 is 10.1 Å². The topological polar surface area (TPSA) is 64.6 Å². The van der Waals surface area contributed by atoms with Crippen molar-refractivity contribution < 1.29 is 19.1 Å². The van der Waals surface area contributed by atoms with Gasteiger partial charge in [-0.2, -0.15) is 0 Å². The van der Waals surface area contributed by atoms with Crippen LogP contribution in [0.4, 0.5) is 0 Å². The van der Waals surface area contributed by atoms with Crippen LogP contribution in [0.2, 0.25) is 0 Å². The summed E-state index contributed by atoms with van der Waals surface area (Å²) in [7, 11) is 0. The van der Waals surface area contributed by atoms with Crippen molar-refractivity contribution in [3.05, 3.63) is 95.6 Å². The van der Waals surface area contributed by atoms with Crippen molar-refractivity contribution in [3.63, 3.8) is 0 Å². The maximum atomic E-state index is 12.4. The predicted octanol–water partition coefficient (Wildman–Crippen LogP) is 5.68. The summed E-state index contributed by atoms with van der Waals surface area (Å²) in [5, 5.41) is 2.95. The molecular formula is C27H29NO4. The highest BCUT2D eigenvalue weighted by Crippen LogP contribution is 2.21. The molecule has 0 saturated heterocycles. The highest BCUT2D eigenvalue weighted by molar-refractivity contribution is 5.94. The monoisotopic (exact) mass is 431 g/mol. The minimum Gasteiger partial charge on any atom is -0.466 e. The largest absolute Gasteiger partial charge is 0.466 e. The Balaban J connectivity index is 1.41. The second-order valence-electron chi connectivity index (χ2n) is 7.45. The summed E-state index contributed by atoms with van der Waals surface area (Å²) < 4.78 is 10.7. The van der Waals surface area contributed by atoms with Gasteiger partial charge in [-0.3, -0.25) is 9.59 Å². The van der Waals surface area contributed by atoms with E-state index in [0.717, 1.165) is 41.9 Å². The maximum Gasteiger partial charge on any atom is 0.305 e. The van der Waals surface area contributed by atoms with Gasteiger partial charge in [0.25, 0.3) is 5.91 Å². The molecule has 0 fully saturated rings. The highest BCUT2D eigenvalue weighted by Gasteiger charge is 2.06. The summed E-state index contributed by atoms with van der Waals surface area (Å²) >= 11 is 0. The van der Waals surface area contributed by atoms with E-state index in [1.165, 1.54) is 0 Å². The Labute approximate surface area is 189 Å². The first-order chi connectivity index (χ1) is 15.6. The number of aryl methyl sites for hydroxylation is 1. The van der Waals surface area contributed by atoms with Gasteiger partial charge in [-0.25, -0.2) is 0 Å². The first-order valence-corrected chi connectivity index (χ1v) is 11.0. The molecule has 3 aromatic rings. The molecule has 0 aliphatic rings. The predicted molar refractivity (Wildman–Crippen MR) is 125 cm³/mol. The number of carbonyl (C=O) groups excluding carboxylic acids is 2. The Kier molecular flexibility index (Phi) is 8.87. The van der Waals surface area contributed by atoms with E-state index in [1.54, 1.807) is 0 Å². The van der Waals surface area contributed by atoms with Crippen LogP contribution in [0, 0.1) is 0 Å². The zero-order valence-electron chi connectivity index (χ0n) is 18.4. The molecule has 1 amide bonds. The Morgan fingerprint density at radius 1 is 0.781 bits per heavy atom. The zero-order valence-corrected chi connectivity index (χ0v) is 18.4. The first kappa shape index (κ1) is 23.1.